The Hall–Kier alpha value is -2.81. The summed E-state index contributed by atoms with van der Waals surface area (Å²) in [5, 5.41) is 0. The fourth-order valence-corrected chi connectivity index (χ4v) is 5.17. The molecule has 1 aliphatic carbocycles. The summed E-state index contributed by atoms with van der Waals surface area (Å²) in [7, 11) is 0. The average Bonchev–Trinajstić information content (AvgIpc) is 3.07. The van der Waals surface area contributed by atoms with Gasteiger partial charge >= 0.3 is 0 Å². The standard InChI is InChI=1S/C29H36N2O/c1-19-7-9-21(10-8-19)13-16-31-20(2)23(27(30)32)18-26(31)22-11-12-24-25(17-22)29(5,6)15-14-28(24,3)4/h7-12,17-18H,13-16H2,1-6H3,(H2,30,32). The number of rotatable bonds is 5. The van der Waals surface area contributed by atoms with Crippen LogP contribution in [0.3, 0.4) is 0 Å². The summed E-state index contributed by atoms with van der Waals surface area (Å²) in [6.07, 6.45) is 3.28. The summed E-state index contributed by atoms with van der Waals surface area (Å²) in [5.41, 5.74) is 15.3. The fourth-order valence-electron chi connectivity index (χ4n) is 5.17. The van der Waals surface area contributed by atoms with E-state index in [0.717, 1.165) is 29.9 Å². The molecule has 1 amide bonds. The monoisotopic (exact) mass is 428 g/mol. The lowest BCUT2D eigenvalue weighted by Gasteiger charge is -2.42. The SMILES string of the molecule is Cc1ccc(CCn2c(-c3ccc4c(c3)C(C)(C)CCC4(C)C)cc(C(N)=O)c2C)cc1. The zero-order valence-corrected chi connectivity index (χ0v) is 20.4. The Morgan fingerprint density at radius 3 is 2.16 bits per heavy atom. The van der Waals surface area contributed by atoms with Gasteiger partial charge in [0.25, 0.3) is 5.91 Å². The van der Waals surface area contributed by atoms with Crippen LogP contribution in [0.5, 0.6) is 0 Å². The van der Waals surface area contributed by atoms with E-state index < -0.39 is 0 Å². The molecule has 2 aromatic carbocycles. The molecule has 0 unspecified atom stereocenters. The lowest BCUT2D eigenvalue weighted by Crippen LogP contribution is -2.33. The molecule has 0 radical (unpaired) electrons. The normalized spacial score (nSPS) is 16.6. The van der Waals surface area contributed by atoms with Crippen molar-refractivity contribution < 1.29 is 4.79 Å². The molecule has 0 fully saturated rings. The van der Waals surface area contributed by atoms with Crippen molar-refractivity contribution in [2.75, 3.05) is 0 Å². The lowest BCUT2D eigenvalue weighted by molar-refractivity contribution is 0.0999. The number of benzene rings is 2. The van der Waals surface area contributed by atoms with Crippen LogP contribution in [0.2, 0.25) is 0 Å². The number of hydrogen-bond donors (Lipinski definition) is 1. The van der Waals surface area contributed by atoms with Crippen LogP contribution in [0.15, 0.2) is 48.5 Å². The predicted octanol–water partition coefficient (Wildman–Crippen LogP) is 6.46. The van der Waals surface area contributed by atoms with E-state index in [1.165, 1.54) is 35.1 Å². The highest BCUT2D eigenvalue weighted by Gasteiger charge is 2.37. The number of fused-ring (bicyclic) bond motifs is 1. The highest BCUT2D eigenvalue weighted by molar-refractivity contribution is 5.95. The van der Waals surface area contributed by atoms with Gasteiger partial charge < -0.3 is 10.3 Å². The number of carbonyl (C=O) groups excluding carboxylic acids is 1. The molecule has 0 spiro atoms. The van der Waals surface area contributed by atoms with Crippen molar-refractivity contribution in [3.63, 3.8) is 0 Å². The smallest absolute Gasteiger partial charge is 0.250 e. The van der Waals surface area contributed by atoms with Crippen molar-refractivity contribution in [1.29, 1.82) is 0 Å². The van der Waals surface area contributed by atoms with Crippen LogP contribution in [-0.2, 0) is 23.8 Å². The molecule has 0 bridgehead atoms. The Labute approximate surface area is 192 Å². The third-order valence-electron chi connectivity index (χ3n) is 7.53. The third-order valence-corrected chi connectivity index (χ3v) is 7.53. The van der Waals surface area contributed by atoms with Gasteiger partial charge in [-0.15, -0.1) is 0 Å². The molecule has 1 aliphatic rings. The van der Waals surface area contributed by atoms with E-state index in [1.54, 1.807) is 0 Å². The number of aromatic nitrogens is 1. The summed E-state index contributed by atoms with van der Waals surface area (Å²) >= 11 is 0. The maximum Gasteiger partial charge on any atom is 0.250 e. The maximum absolute atomic E-state index is 12.2. The van der Waals surface area contributed by atoms with Crippen LogP contribution in [0, 0.1) is 13.8 Å². The Morgan fingerprint density at radius 1 is 0.906 bits per heavy atom. The second-order valence-electron chi connectivity index (χ2n) is 10.8. The molecule has 0 aliphatic heterocycles. The van der Waals surface area contributed by atoms with Crippen molar-refractivity contribution in [2.24, 2.45) is 5.73 Å². The lowest BCUT2D eigenvalue weighted by atomic mass is 9.63. The Balaban J connectivity index is 1.78. The number of nitrogens with zero attached hydrogens (tertiary/aromatic N) is 1. The van der Waals surface area contributed by atoms with Crippen LogP contribution in [0.25, 0.3) is 11.3 Å². The minimum Gasteiger partial charge on any atom is -0.366 e. The van der Waals surface area contributed by atoms with E-state index >= 15 is 0 Å². The summed E-state index contributed by atoms with van der Waals surface area (Å²) in [6, 6.07) is 17.6. The number of carbonyl (C=O) groups is 1. The van der Waals surface area contributed by atoms with E-state index in [2.05, 4.69) is 81.7 Å². The van der Waals surface area contributed by atoms with Gasteiger partial charge in [-0.2, -0.15) is 0 Å². The first-order valence-electron chi connectivity index (χ1n) is 11.7. The second kappa shape index (κ2) is 7.95. The van der Waals surface area contributed by atoms with Gasteiger partial charge in [-0.25, -0.2) is 0 Å². The van der Waals surface area contributed by atoms with E-state index in [1.807, 2.05) is 13.0 Å². The van der Waals surface area contributed by atoms with Gasteiger partial charge in [0.1, 0.15) is 0 Å². The summed E-state index contributed by atoms with van der Waals surface area (Å²) in [4.78, 5) is 12.2. The highest BCUT2D eigenvalue weighted by atomic mass is 16.1. The molecule has 1 heterocycles. The minimum atomic E-state index is -0.364. The Bertz CT molecular complexity index is 1160. The van der Waals surface area contributed by atoms with Gasteiger partial charge in [-0.05, 0) is 78.3 Å². The van der Waals surface area contributed by atoms with E-state index in [4.69, 9.17) is 5.73 Å². The first kappa shape index (κ1) is 22.4. The zero-order valence-electron chi connectivity index (χ0n) is 20.4. The largest absolute Gasteiger partial charge is 0.366 e. The second-order valence-corrected chi connectivity index (χ2v) is 10.8. The molecular formula is C29H36N2O. The van der Waals surface area contributed by atoms with Crippen molar-refractivity contribution in [1.82, 2.24) is 4.57 Å². The van der Waals surface area contributed by atoms with Crippen molar-refractivity contribution >= 4 is 5.91 Å². The summed E-state index contributed by atoms with van der Waals surface area (Å²) in [6.45, 7) is 14.3. The molecule has 32 heavy (non-hydrogen) atoms. The summed E-state index contributed by atoms with van der Waals surface area (Å²) in [5.74, 6) is -0.364. The van der Waals surface area contributed by atoms with Crippen LogP contribution in [0.1, 0.15) is 78.8 Å². The highest BCUT2D eigenvalue weighted by Crippen LogP contribution is 2.47. The van der Waals surface area contributed by atoms with E-state index in [-0.39, 0.29) is 16.7 Å². The maximum atomic E-state index is 12.2. The molecule has 0 saturated carbocycles. The van der Waals surface area contributed by atoms with E-state index in [9.17, 15) is 4.79 Å². The number of aryl methyl sites for hydroxylation is 2. The van der Waals surface area contributed by atoms with Gasteiger partial charge in [0, 0.05) is 17.9 Å². The number of nitrogens with two attached hydrogens (primary N) is 1. The fraction of sp³-hybridized carbons (Fsp3) is 0.414. The van der Waals surface area contributed by atoms with Crippen LogP contribution in [-0.4, -0.2) is 10.5 Å². The quantitative estimate of drug-likeness (QED) is 0.498. The van der Waals surface area contributed by atoms with Crippen LogP contribution < -0.4 is 5.73 Å². The summed E-state index contributed by atoms with van der Waals surface area (Å²) < 4.78 is 2.27. The molecule has 0 atom stereocenters. The molecule has 3 aromatic rings. The number of hydrogen-bond acceptors (Lipinski definition) is 1. The Morgan fingerprint density at radius 2 is 1.53 bits per heavy atom. The number of primary amides is 1. The van der Waals surface area contributed by atoms with Crippen LogP contribution in [0.4, 0.5) is 0 Å². The molecule has 168 valence electrons. The van der Waals surface area contributed by atoms with Gasteiger partial charge in [0.05, 0.1) is 5.56 Å². The topological polar surface area (TPSA) is 48.0 Å². The zero-order chi connectivity index (χ0) is 23.3. The molecule has 3 nitrogen and oxygen atoms in total. The van der Waals surface area contributed by atoms with Gasteiger partial charge in [0.2, 0.25) is 0 Å². The van der Waals surface area contributed by atoms with Crippen molar-refractivity contribution in [2.45, 2.75) is 78.2 Å². The molecule has 2 N–H and O–H groups in total. The first-order chi connectivity index (χ1) is 15.0. The Kier molecular flexibility index (Phi) is 5.56. The number of amides is 1. The van der Waals surface area contributed by atoms with E-state index in [0.29, 0.717) is 5.56 Å². The van der Waals surface area contributed by atoms with Crippen LogP contribution >= 0.6 is 0 Å². The van der Waals surface area contributed by atoms with Crippen molar-refractivity contribution in [3.05, 3.63) is 82.0 Å². The van der Waals surface area contributed by atoms with Gasteiger partial charge in [-0.1, -0.05) is 69.7 Å². The van der Waals surface area contributed by atoms with Gasteiger partial charge in [0.15, 0.2) is 0 Å². The van der Waals surface area contributed by atoms with Gasteiger partial charge in [-0.3, -0.25) is 4.79 Å². The molecule has 3 heteroatoms. The third kappa shape index (κ3) is 4.01. The molecular weight excluding hydrogens is 392 g/mol. The predicted molar refractivity (Wildman–Crippen MR) is 133 cm³/mol. The molecule has 0 saturated heterocycles. The average molecular weight is 429 g/mol. The van der Waals surface area contributed by atoms with Crippen molar-refractivity contribution in [3.8, 4) is 11.3 Å². The molecule has 1 aromatic heterocycles. The minimum absolute atomic E-state index is 0.141. The molecule has 4 rings (SSSR count). The first-order valence-corrected chi connectivity index (χ1v) is 11.7.